The van der Waals surface area contributed by atoms with Crippen molar-refractivity contribution in [1.82, 2.24) is 4.90 Å². The summed E-state index contributed by atoms with van der Waals surface area (Å²) < 4.78 is 0. The average molecular weight is 158 g/mol. The molecule has 2 heteroatoms. The topological polar surface area (TPSA) is 3.24 Å². The summed E-state index contributed by atoms with van der Waals surface area (Å²) >= 11 is 4.87. The molecule has 0 N–H and O–H groups in total. The van der Waals surface area contributed by atoms with Crippen LogP contribution in [0, 0.1) is 0 Å². The van der Waals surface area contributed by atoms with Gasteiger partial charge in [0.25, 0.3) is 0 Å². The Bertz CT molecular complexity index is 79.3. The summed E-state index contributed by atoms with van der Waals surface area (Å²) in [5, 5.41) is 0. The van der Waals surface area contributed by atoms with Crippen LogP contribution in [0.5, 0.6) is 0 Å². The quantitative estimate of drug-likeness (QED) is 0.566. The van der Waals surface area contributed by atoms with Crippen molar-refractivity contribution in [2.24, 2.45) is 0 Å². The summed E-state index contributed by atoms with van der Waals surface area (Å²) in [6.45, 7) is 3.95. The van der Waals surface area contributed by atoms with E-state index in [0.29, 0.717) is 0 Å². The molecule has 1 heterocycles. The number of rotatable bonds is 4. The minimum absolute atomic E-state index is 0.938. The average Bonchev–Trinajstić information content (AvgIpc) is 2.41. The van der Waals surface area contributed by atoms with E-state index in [4.69, 9.17) is 12.6 Å². The van der Waals surface area contributed by atoms with Crippen molar-refractivity contribution in [3.05, 3.63) is 0 Å². The summed E-state index contributed by atoms with van der Waals surface area (Å²) in [6, 6.07) is 0. The van der Waals surface area contributed by atoms with Gasteiger partial charge in [0, 0.05) is 5.75 Å². The molecule has 0 saturated carbocycles. The number of hydrogen-bond donors (Lipinski definition) is 0. The largest absolute Gasteiger partial charge is 0.303 e. The van der Waals surface area contributed by atoms with Crippen molar-refractivity contribution in [2.75, 3.05) is 25.4 Å². The molecule has 1 fully saturated rings. The van der Waals surface area contributed by atoms with Crippen LogP contribution in [0.1, 0.15) is 25.7 Å². The zero-order valence-corrected chi connectivity index (χ0v) is 7.33. The van der Waals surface area contributed by atoms with Crippen molar-refractivity contribution in [2.45, 2.75) is 25.7 Å². The van der Waals surface area contributed by atoms with Gasteiger partial charge >= 0.3 is 0 Å². The van der Waals surface area contributed by atoms with Crippen LogP contribution in [0.2, 0.25) is 0 Å². The van der Waals surface area contributed by atoms with Gasteiger partial charge in [-0.25, -0.2) is 0 Å². The molecule has 0 aliphatic carbocycles. The zero-order chi connectivity index (χ0) is 7.23. The normalized spacial score (nSPS) is 20.1. The maximum Gasteiger partial charge on any atom is 0.00374 e. The summed E-state index contributed by atoms with van der Waals surface area (Å²) in [5.41, 5.74) is 0. The predicted molar refractivity (Wildman–Crippen MR) is 47.4 cm³/mol. The molecule has 1 aliphatic rings. The third kappa shape index (κ3) is 2.93. The van der Waals surface area contributed by atoms with E-state index in [1.54, 1.807) is 0 Å². The molecule has 0 bridgehead atoms. The van der Waals surface area contributed by atoms with E-state index in [1.807, 2.05) is 0 Å². The second-order valence-corrected chi connectivity index (χ2v) is 3.37. The molecule has 0 aromatic rings. The molecule has 0 aromatic carbocycles. The summed E-state index contributed by atoms with van der Waals surface area (Å²) in [6.07, 6.45) is 5.36. The van der Waals surface area contributed by atoms with E-state index in [-0.39, 0.29) is 0 Å². The lowest BCUT2D eigenvalue weighted by atomic mass is 10.3. The standard InChI is InChI=1S/C8H16NS/c10-8-4-3-7-9-5-1-2-6-9/h1-8H2. The molecule has 0 atom stereocenters. The fourth-order valence-corrected chi connectivity index (χ4v) is 1.65. The molecular formula is C8H16NS. The molecule has 0 amide bonds. The van der Waals surface area contributed by atoms with Gasteiger partial charge < -0.3 is 4.90 Å². The van der Waals surface area contributed by atoms with E-state index >= 15 is 0 Å². The molecule has 10 heavy (non-hydrogen) atoms. The zero-order valence-electron chi connectivity index (χ0n) is 6.51. The number of unbranched alkanes of at least 4 members (excludes halogenated alkanes) is 1. The Balaban J connectivity index is 1.91. The first kappa shape index (κ1) is 8.41. The lowest BCUT2D eigenvalue weighted by Crippen LogP contribution is -2.20. The Morgan fingerprint density at radius 1 is 1.10 bits per heavy atom. The smallest absolute Gasteiger partial charge is 0.00374 e. The highest BCUT2D eigenvalue weighted by atomic mass is 32.1. The molecule has 1 radical (unpaired) electrons. The molecule has 0 spiro atoms. The Hall–Kier alpha value is 0.310. The van der Waals surface area contributed by atoms with Crippen LogP contribution in [-0.4, -0.2) is 30.3 Å². The molecule has 59 valence electrons. The van der Waals surface area contributed by atoms with Crippen molar-refractivity contribution in [1.29, 1.82) is 0 Å². The van der Waals surface area contributed by atoms with E-state index < -0.39 is 0 Å². The van der Waals surface area contributed by atoms with Gasteiger partial charge in [0.05, 0.1) is 0 Å². The van der Waals surface area contributed by atoms with Crippen LogP contribution in [0.25, 0.3) is 0 Å². The van der Waals surface area contributed by atoms with E-state index in [9.17, 15) is 0 Å². The van der Waals surface area contributed by atoms with Gasteiger partial charge in [0.2, 0.25) is 0 Å². The SMILES string of the molecule is [S]CCCCN1CCCC1. The van der Waals surface area contributed by atoms with Crippen LogP contribution in [0.4, 0.5) is 0 Å². The molecule has 0 unspecified atom stereocenters. The predicted octanol–water partition coefficient (Wildman–Crippen LogP) is 2.06. The number of likely N-dealkylation sites (tertiary alicyclic amines) is 1. The minimum Gasteiger partial charge on any atom is -0.303 e. The second kappa shape index (κ2) is 5.03. The molecular weight excluding hydrogens is 142 g/mol. The van der Waals surface area contributed by atoms with Crippen LogP contribution in [0.3, 0.4) is 0 Å². The number of nitrogens with zero attached hydrogens (tertiary/aromatic N) is 1. The third-order valence-corrected chi connectivity index (χ3v) is 2.36. The highest BCUT2D eigenvalue weighted by Crippen LogP contribution is 2.08. The van der Waals surface area contributed by atoms with E-state index in [2.05, 4.69) is 4.90 Å². The van der Waals surface area contributed by atoms with Crippen LogP contribution < -0.4 is 0 Å². The van der Waals surface area contributed by atoms with Gasteiger partial charge in [-0.15, -0.1) is 0 Å². The Kier molecular flexibility index (Phi) is 4.23. The van der Waals surface area contributed by atoms with Gasteiger partial charge in [-0.1, -0.05) is 12.6 Å². The fraction of sp³-hybridized carbons (Fsp3) is 1.00. The monoisotopic (exact) mass is 158 g/mol. The molecule has 1 nitrogen and oxygen atoms in total. The third-order valence-electron chi connectivity index (χ3n) is 2.07. The van der Waals surface area contributed by atoms with Gasteiger partial charge in [-0.3, -0.25) is 0 Å². The van der Waals surface area contributed by atoms with Crippen molar-refractivity contribution in [3.8, 4) is 0 Å². The lowest BCUT2D eigenvalue weighted by molar-refractivity contribution is 0.333. The fourth-order valence-electron chi connectivity index (χ4n) is 1.44. The second-order valence-electron chi connectivity index (χ2n) is 2.96. The Labute approximate surface area is 69.2 Å². The van der Waals surface area contributed by atoms with Crippen molar-refractivity contribution in [3.63, 3.8) is 0 Å². The first-order valence-electron chi connectivity index (χ1n) is 4.24. The molecule has 1 aliphatic heterocycles. The minimum atomic E-state index is 0.938. The summed E-state index contributed by atoms with van der Waals surface area (Å²) in [5.74, 6) is 0.938. The summed E-state index contributed by atoms with van der Waals surface area (Å²) in [4.78, 5) is 2.55. The van der Waals surface area contributed by atoms with Gasteiger partial charge in [-0.2, -0.15) is 0 Å². The first-order valence-corrected chi connectivity index (χ1v) is 4.81. The highest BCUT2D eigenvalue weighted by Gasteiger charge is 2.09. The van der Waals surface area contributed by atoms with Gasteiger partial charge in [-0.05, 0) is 45.3 Å². The highest BCUT2D eigenvalue weighted by molar-refractivity contribution is 7.80. The van der Waals surface area contributed by atoms with E-state index in [1.165, 1.54) is 45.3 Å². The van der Waals surface area contributed by atoms with Crippen molar-refractivity contribution < 1.29 is 0 Å². The lowest BCUT2D eigenvalue weighted by Gasteiger charge is -2.12. The van der Waals surface area contributed by atoms with Crippen LogP contribution >= 0.6 is 12.6 Å². The van der Waals surface area contributed by atoms with Crippen LogP contribution in [0.15, 0.2) is 0 Å². The Morgan fingerprint density at radius 2 is 1.80 bits per heavy atom. The maximum atomic E-state index is 4.87. The molecule has 1 saturated heterocycles. The van der Waals surface area contributed by atoms with Gasteiger partial charge in [0.15, 0.2) is 0 Å². The number of hydrogen-bond acceptors (Lipinski definition) is 1. The summed E-state index contributed by atoms with van der Waals surface area (Å²) in [7, 11) is 0. The Morgan fingerprint density at radius 3 is 2.40 bits per heavy atom. The molecule has 1 rings (SSSR count). The van der Waals surface area contributed by atoms with E-state index in [0.717, 1.165) is 5.75 Å². The van der Waals surface area contributed by atoms with Gasteiger partial charge in [0.1, 0.15) is 0 Å². The molecule has 0 aromatic heterocycles. The van der Waals surface area contributed by atoms with Crippen LogP contribution in [-0.2, 0) is 0 Å². The maximum absolute atomic E-state index is 4.87. The first-order chi connectivity index (χ1) is 4.93. The van der Waals surface area contributed by atoms with Crippen molar-refractivity contribution >= 4 is 12.6 Å².